The summed E-state index contributed by atoms with van der Waals surface area (Å²) in [6.07, 6.45) is -4.92. The van der Waals surface area contributed by atoms with E-state index in [1.54, 1.807) is 13.8 Å². The number of pyridine rings is 1. The van der Waals surface area contributed by atoms with Gasteiger partial charge in [-0.3, -0.25) is 0 Å². The van der Waals surface area contributed by atoms with Crippen LogP contribution in [-0.2, 0) is 10.9 Å². The zero-order valence-corrected chi connectivity index (χ0v) is 10.1. The number of halogens is 3. The number of rotatable bonds is 2. The van der Waals surface area contributed by atoms with Gasteiger partial charge in [-0.05, 0) is 26.0 Å². The van der Waals surface area contributed by atoms with E-state index in [0.29, 0.717) is 0 Å². The second-order valence-corrected chi connectivity index (χ2v) is 4.10. The minimum Gasteiger partial charge on any atom is -0.458 e. The number of fused-ring (bicyclic) bond motifs is 1. The smallest absolute Gasteiger partial charge is 0.449 e. The second-order valence-electron chi connectivity index (χ2n) is 4.10. The number of nitrogens with one attached hydrogen (secondary N) is 1. The first-order valence-electron chi connectivity index (χ1n) is 5.42. The van der Waals surface area contributed by atoms with E-state index in [2.05, 4.69) is 15.0 Å². The van der Waals surface area contributed by atoms with Crippen molar-refractivity contribution in [1.82, 2.24) is 15.0 Å². The Kier molecular flexibility index (Phi) is 3.17. The Morgan fingerprint density at radius 2 is 2.00 bits per heavy atom. The highest BCUT2D eigenvalue weighted by Crippen LogP contribution is 2.28. The summed E-state index contributed by atoms with van der Waals surface area (Å²) >= 11 is 0. The highest BCUT2D eigenvalue weighted by molar-refractivity contribution is 5.89. The number of carbonyl (C=O) groups excluding carboxylic acids is 1. The zero-order valence-electron chi connectivity index (χ0n) is 10.1. The number of carbonyl (C=O) groups is 1. The van der Waals surface area contributed by atoms with Crippen LogP contribution >= 0.6 is 0 Å². The molecule has 2 heterocycles. The van der Waals surface area contributed by atoms with Crippen molar-refractivity contribution in [2.45, 2.75) is 26.1 Å². The standard InChI is InChI=1S/C11H10F3N3O2/c1-5(2)19-9(18)7-4-3-6-8(15-7)17-10(16-6)11(12,13)14/h3-5H,1-2H3,(H,15,16,17). The number of esters is 1. The number of aromatic nitrogens is 3. The molecule has 8 heteroatoms. The van der Waals surface area contributed by atoms with E-state index in [4.69, 9.17) is 4.74 Å². The minimum atomic E-state index is -4.58. The number of aromatic amines is 1. The van der Waals surface area contributed by atoms with Crippen LogP contribution in [0.15, 0.2) is 12.1 Å². The van der Waals surface area contributed by atoms with E-state index in [1.165, 1.54) is 12.1 Å². The third-order valence-electron chi connectivity index (χ3n) is 2.17. The highest BCUT2D eigenvalue weighted by atomic mass is 19.4. The summed E-state index contributed by atoms with van der Waals surface area (Å²) in [5, 5.41) is 0. The molecule has 0 bridgehead atoms. The van der Waals surface area contributed by atoms with Crippen molar-refractivity contribution in [3.05, 3.63) is 23.7 Å². The van der Waals surface area contributed by atoms with Gasteiger partial charge in [0.2, 0.25) is 5.82 Å². The molecule has 0 aliphatic carbocycles. The summed E-state index contributed by atoms with van der Waals surface area (Å²) in [5.41, 5.74) is -0.152. The molecule has 0 saturated heterocycles. The average molecular weight is 273 g/mol. The van der Waals surface area contributed by atoms with Crippen molar-refractivity contribution in [1.29, 1.82) is 0 Å². The Hall–Kier alpha value is -2.12. The van der Waals surface area contributed by atoms with Crippen LogP contribution in [-0.4, -0.2) is 27.0 Å². The number of H-pyrrole nitrogens is 1. The number of alkyl halides is 3. The molecule has 5 nitrogen and oxygen atoms in total. The molecule has 2 aromatic rings. The van der Waals surface area contributed by atoms with Gasteiger partial charge in [-0.25, -0.2) is 14.8 Å². The molecule has 102 valence electrons. The first-order chi connectivity index (χ1) is 8.77. The lowest BCUT2D eigenvalue weighted by Crippen LogP contribution is -2.13. The average Bonchev–Trinajstić information content (AvgIpc) is 2.69. The maximum atomic E-state index is 12.4. The lowest BCUT2D eigenvalue weighted by Gasteiger charge is -2.06. The summed E-state index contributed by atoms with van der Waals surface area (Å²) in [6, 6.07) is 2.59. The van der Waals surface area contributed by atoms with Crippen molar-refractivity contribution in [3.8, 4) is 0 Å². The molecule has 0 aliphatic rings. The Balaban J connectivity index is 2.38. The predicted molar refractivity (Wildman–Crippen MR) is 59.4 cm³/mol. The third-order valence-corrected chi connectivity index (χ3v) is 2.17. The number of hydrogen-bond acceptors (Lipinski definition) is 4. The summed E-state index contributed by atoms with van der Waals surface area (Å²) in [4.78, 5) is 20.7. The molecule has 0 fully saturated rings. The van der Waals surface area contributed by atoms with Gasteiger partial charge in [0.05, 0.1) is 11.6 Å². The van der Waals surface area contributed by atoms with E-state index in [1.807, 2.05) is 0 Å². The van der Waals surface area contributed by atoms with E-state index in [0.717, 1.165) is 0 Å². The van der Waals surface area contributed by atoms with Gasteiger partial charge in [0, 0.05) is 0 Å². The molecule has 0 radical (unpaired) electrons. The molecular weight excluding hydrogens is 263 g/mol. The molecule has 2 rings (SSSR count). The van der Waals surface area contributed by atoms with Gasteiger partial charge in [0.1, 0.15) is 0 Å². The zero-order chi connectivity index (χ0) is 14.2. The molecule has 0 spiro atoms. The largest absolute Gasteiger partial charge is 0.458 e. The minimum absolute atomic E-state index is 0.0820. The lowest BCUT2D eigenvalue weighted by atomic mass is 10.3. The summed E-state index contributed by atoms with van der Waals surface area (Å²) < 4.78 is 42.2. The first kappa shape index (κ1) is 13.3. The van der Waals surface area contributed by atoms with Crippen LogP contribution in [0.3, 0.4) is 0 Å². The van der Waals surface area contributed by atoms with Crippen LogP contribution in [0.25, 0.3) is 11.2 Å². The van der Waals surface area contributed by atoms with E-state index < -0.39 is 18.0 Å². The number of imidazole rings is 1. The van der Waals surface area contributed by atoms with Crippen molar-refractivity contribution in [2.75, 3.05) is 0 Å². The summed E-state index contributed by atoms with van der Waals surface area (Å²) in [6.45, 7) is 3.32. The Morgan fingerprint density at radius 3 is 2.58 bits per heavy atom. The number of ether oxygens (including phenoxy) is 1. The van der Waals surface area contributed by atoms with Gasteiger partial charge >= 0.3 is 12.1 Å². The maximum Gasteiger partial charge on any atom is 0.449 e. The van der Waals surface area contributed by atoms with Gasteiger partial charge in [0.15, 0.2) is 11.3 Å². The predicted octanol–water partition coefficient (Wildman–Crippen LogP) is 2.54. The van der Waals surface area contributed by atoms with Crippen molar-refractivity contribution in [2.24, 2.45) is 0 Å². The molecule has 2 aromatic heterocycles. The molecule has 19 heavy (non-hydrogen) atoms. The monoisotopic (exact) mass is 273 g/mol. The lowest BCUT2D eigenvalue weighted by molar-refractivity contribution is -0.144. The maximum absolute atomic E-state index is 12.4. The molecule has 1 N–H and O–H groups in total. The fourth-order valence-electron chi connectivity index (χ4n) is 1.41. The van der Waals surface area contributed by atoms with Crippen LogP contribution in [0.4, 0.5) is 13.2 Å². The van der Waals surface area contributed by atoms with Crippen LogP contribution in [0.5, 0.6) is 0 Å². The second kappa shape index (κ2) is 4.52. The Morgan fingerprint density at radius 1 is 1.32 bits per heavy atom. The fraction of sp³-hybridized carbons (Fsp3) is 0.364. The van der Waals surface area contributed by atoms with Crippen molar-refractivity contribution in [3.63, 3.8) is 0 Å². The third kappa shape index (κ3) is 2.83. The van der Waals surface area contributed by atoms with Gasteiger partial charge in [-0.1, -0.05) is 0 Å². The number of nitrogens with zero attached hydrogens (tertiary/aromatic N) is 2. The van der Waals surface area contributed by atoms with Crippen LogP contribution in [0.1, 0.15) is 30.2 Å². The first-order valence-corrected chi connectivity index (χ1v) is 5.42. The van der Waals surface area contributed by atoms with E-state index >= 15 is 0 Å². The fourth-order valence-corrected chi connectivity index (χ4v) is 1.41. The van der Waals surface area contributed by atoms with Crippen LogP contribution < -0.4 is 0 Å². The van der Waals surface area contributed by atoms with Gasteiger partial charge in [-0.15, -0.1) is 0 Å². The molecule has 0 unspecified atom stereocenters. The van der Waals surface area contributed by atoms with Crippen molar-refractivity contribution >= 4 is 17.1 Å². The van der Waals surface area contributed by atoms with E-state index in [-0.39, 0.29) is 23.0 Å². The van der Waals surface area contributed by atoms with Crippen LogP contribution in [0.2, 0.25) is 0 Å². The highest BCUT2D eigenvalue weighted by Gasteiger charge is 2.35. The SMILES string of the molecule is CC(C)OC(=O)c1ccc2[nH]c(C(F)(F)F)nc2n1. The van der Waals surface area contributed by atoms with Gasteiger partial charge in [0.25, 0.3) is 0 Å². The van der Waals surface area contributed by atoms with E-state index in [9.17, 15) is 18.0 Å². The van der Waals surface area contributed by atoms with Gasteiger partial charge in [-0.2, -0.15) is 13.2 Å². The molecular formula is C11H10F3N3O2. The Bertz CT molecular complexity index is 619. The molecule has 0 aromatic carbocycles. The normalized spacial score (nSPS) is 12.1. The molecule has 0 amide bonds. The summed E-state index contributed by atoms with van der Waals surface area (Å²) in [7, 11) is 0. The van der Waals surface area contributed by atoms with Crippen molar-refractivity contribution < 1.29 is 22.7 Å². The summed E-state index contributed by atoms with van der Waals surface area (Å²) in [5.74, 6) is -1.85. The number of hydrogen-bond donors (Lipinski definition) is 1. The Labute approximate surface area is 105 Å². The topological polar surface area (TPSA) is 67.9 Å². The van der Waals surface area contributed by atoms with Gasteiger partial charge < -0.3 is 9.72 Å². The van der Waals surface area contributed by atoms with Crippen LogP contribution in [0, 0.1) is 0 Å². The quantitative estimate of drug-likeness (QED) is 0.854. The molecule has 0 atom stereocenters. The molecule has 0 aliphatic heterocycles. The molecule has 0 saturated carbocycles.